The van der Waals surface area contributed by atoms with Gasteiger partial charge in [-0.25, -0.2) is 8.42 Å². The Morgan fingerprint density at radius 3 is 2.33 bits per heavy atom. The predicted octanol–water partition coefficient (Wildman–Crippen LogP) is 3.78. The predicted molar refractivity (Wildman–Crippen MR) is 80.1 cm³/mol. The summed E-state index contributed by atoms with van der Waals surface area (Å²) in [5.74, 6) is 0. The number of nitro benzene ring substituents is 1. The van der Waals surface area contributed by atoms with Gasteiger partial charge in [0.05, 0.1) is 15.1 Å². The zero-order valence-electron chi connectivity index (χ0n) is 11.1. The molecule has 0 saturated heterocycles. The molecule has 0 saturated carbocycles. The van der Waals surface area contributed by atoms with Gasteiger partial charge in [-0.05, 0) is 31.2 Å². The summed E-state index contributed by atoms with van der Waals surface area (Å²) in [6.07, 6.45) is 0. The van der Waals surface area contributed by atoms with Gasteiger partial charge in [-0.3, -0.25) is 10.1 Å². The summed E-state index contributed by atoms with van der Waals surface area (Å²) in [5, 5.41) is 10.3. The molecule has 0 spiro atoms. The summed E-state index contributed by atoms with van der Waals surface area (Å²) in [6, 6.07) is 11.7. The average molecular weight is 326 g/mol. The Balaban J connectivity index is 2.57. The lowest BCUT2D eigenvalue weighted by Gasteiger charge is -2.14. The summed E-state index contributed by atoms with van der Waals surface area (Å²) < 4.78 is 25.1. The number of sulfone groups is 1. The Kier molecular flexibility index (Phi) is 4.29. The van der Waals surface area contributed by atoms with Gasteiger partial charge < -0.3 is 0 Å². The summed E-state index contributed by atoms with van der Waals surface area (Å²) in [4.78, 5) is 10.6. The number of rotatable bonds is 4. The van der Waals surface area contributed by atoms with Gasteiger partial charge in [0, 0.05) is 16.7 Å². The van der Waals surface area contributed by atoms with Crippen LogP contribution in [0.5, 0.6) is 0 Å². The maximum absolute atomic E-state index is 12.6. The zero-order chi connectivity index (χ0) is 15.6. The monoisotopic (exact) mass is 325 g/mol. The van der Waals surface area contributed by atoms with Crippen molar-refractivity contribution in [3.05, 3.63) is 69.2 Å². The second-order valence-electron chi connectivity index (χ2n) is 4.46. The minimum absolute atomic E-state index is 0.0800. The molecule has 7 heteroatoms. The zero-order valence-corrected chi connectivity index (χ0v) is 12.6. The maximum atomic E-state index is 12.6. The van der Waals surface area contributed by atoms with Crippen LogP contribution in [0.3, 0.4) is 0 Å². The molecule has 0 aliphatic heterocycles. The van der Waals surface area contributed by atoms with E-state index in [1.165, 1.54) is 37.3 Å². The van der Waals surface area contributed by atoms with Crippen LogP contribution in [0.25, 0.3) is 0 Å². The second kappa shape index (κ2) is 5.83. The lowest BCUT2D eigenvalue weighted by atomic mass is 10.1. The van der Waals surface area contributed by atoms with Crippen molar-refractivity contribution >= 4 is 27.1 Å². The highest BCUT2D eigenvalue weighted by atomic mass is 35.5. The van der Waals surface area contributed by atoms with Crippen molar-refractivity contribution in [2.45, 2.75) is 17.1 Å². The summed E-state index contributed by atoms with van der Waals surface area (Å²) in [7, 11) is -3.73. The molecule has 1 atom stereocenters. The fraction of sp³-hybridized carbons (Fsp3) is 0.143. The quantitative estimate of drug-likeness (QED) is 0.633. The van der Waals surface area contributed by atoms with Crippen LogP contribution in [-0.2, 0) is 9.84 Å². The van der Waals surface area contributed by atoms with Crippen molar-refractivity contribution in [2.24, 2.45) is 0 Å². The molecule has 2 aromatic carbocycles. The molecule has 0 fully saturated rings. The standard InChI is InChI=1S/C14H12ClNO4S/c1-10(21(19,20)12-5-3-2-4-6-12)13-9-11(15)7-8-14(13)16(17)18/h2-10H,1H3. The molecule has 0 amide bonds. The Hall–Kier alpha value is -1.92. The highest BCUT2D eigenvalue weighted by molar-refractivity contribution is 7.91. The number of nitro groups is 1. The van der Waals surface area contributed by atoms with E-state index in [2.05, 4.69) is 0 Å². The summed E-state index contributed by atoms with van der Waals surface area (Å²) in [6.45, 7) is 1.42. The van der Waals surface area contributed by atoms with Crippen LogP contribution in [0.1, 0.15) is 17.7 Å². The topological polar surface area (TPSA) is 77.3 Å². The Morgan fingerprint density at radius 2 is 1.76 bits per heavy atom. The molecule has 110 valence electrons. The molecule has 5 nitrogen and oxygen atoms in total. The lowest BCUT2D eigenvalue weighted by molar-refractivity contribution is -0.385. The maximum Gasteiger partial charge on any atom is 0.274 e. The SMILES string of the molecule is CC(c1cc(Cl)ccc1[N+](=O)[O-])S(=O)(=O)c1ccccc1. The van der Waals surface area contributed by atoms with Gasteiger partial charge in [0.1, 0.15) is 0 Å². The van der Waals surface area contributed by atoms with Gasteiger partial charge >= 0.3 is 0 Å². The normalized spacial score (nSPS) is 12.9. The molecular formula is C14H12ClNO4S. The van der Waals surface area contributed by atoms with Crippen LogP contribution in [0.4, 0.5) is 5.69 Å². The van der Waals surface area contributed by atoms with Crippen molar-refractivity contribution < 1.29 is 13.3 Å². The first-order valence-electron chi connectivity index (χ1n) is 6.07. The van der Waals surface area contributed by atoms with Crippen LogP contribution in [0.15, 0.2) is 53.4 Å². The van der Waals surface area contributed by atoms with Crippen LogP contribution < -0.4 is 0 Å². The smallest absolute Gasteiger partial charge is 0.258 e. The van der Waals surface area contributed by atoms with Crippen molar-refractivity contribution in [1.29, 1.82) is 0 Å². The van der Waals surface area contributed by atoms with Crippen LogP contribution in [-0.4, -0.2) is 13.3 Å². The van der Waals surface area contributed by atoms with Crippen molar-refractivity contribution in [3.63, 3.8) is 0 Å². The van der Waals surface area contributed by atoms with Gasteiger partial charge in [-0.1, -0.05) is 29.8 Å². The molecule has 21 heavy (non-hydrogen) atoms. The molecule has 0 N–H and O–H groups in total. The van der Waals surface area contributed by atoms with Gasteiger partial charge in [-0.15, -0.1) is 0 Å². The molecule has 0 heterocycles. The highest BCUT2D eigenvalue weighted by Crippen LogP contribution is 2.35. The Morgan fingerprint density at radius 1 is 1.14 bits per heavy atom. The van der Waals surface area contributed by atoms with Gasteiger partial charge in [-0.2, -0.15) is 0 Å². The number of benzene rings is 2. The fourth-order valence-corrected chi connectivity index (χ4v) is 3.65. The minimum atomic E-state index is -3.73. The van der Waals surface area contributed by atoms with Crippen LogP contribution in [0, 0.1) is 10.1 Å². The third-order valence-corrected chi connectivity index (χ3v) is 5.51. The van der Waals surface area contributed by atoms with Crippen molar-refractivity contribution in [1.82, 2.24) is 0 Å². The van der Waals surface area contributed by atoms with Crippen molar-refractivity contribution in [2.75, 3.05) is 0 Å². The first-order chi connectivity index (χ1) is 9.84. The van der Waals surface area contributed by atoms with Crippen LogP contribution >= 0.6 is 11.6 Å². The van der Waals surface area contributed by atoms with E-state index in [0.29, 0.717) is 0 Å². The average Bonchev–Trinajstić information content (AvgIpc) is 2.46. The third-order valence-electron chi connectivity index (χ3n) is 3.16. The van der Waals surface area contributed by atoms with Gasteiger partial charge in [0.2, 0.25) is 0 Å². The number of nitrogens with zero attached hydrogens (tertiary/aromatic N) is 1. The molecule has 0 aliphatic rings. The number of hydrogen-bond donors (Lipinski definition) is 0. The van der Waals surface area contributed by atoms with Crippen molar-refractivity contribution in [3.8, 4) is 0 Å². The number of hydrogen-bond acceptors (Lipinski definition) is 4. The first-order valence-corrected chi connectivity index (χ1v) is 7.99. The van der Waals surface area contributed by atoms with E-state index in [-0.39, 0.29) is 21.2 Å². The van der Waals surface area contributed by atoms with E-state index in [1.54, 1.807) is 18.2 Å². The second-order valence-corrected chi connectivity index (χ2v) is 7.17. The first kappa shape index (κ1) is 15.5. The largest absolute Gasteiger partial charge is 0.274 e. The number of halogens is 1. The van der Waals surface area contributed by atoms with Gasteiger partial charge in [0.15, 0.2) is 9.84 Å². The molecule has 2 rings (SSSR count). The van der Waals surface area contributed by atoms with E-state index in [9.17, 15) is 18.5 Å². The molecule has 0 radical (unpaired) electrons. The molecule has 2 aromatic rings. The minimum Gasteiger partial charge on any atom is -0.258 e. The van der Waals surface area contributed by atoms with Crippen LogP contribution in [0.2, 0.25) is 5.02 Å². The molecule has 0 aliphatic carbocycles. The Labute approximate surface area is 127 Å². The molecule has 1 unspecified atom stereocenters. The van der Waals surface area contributed by atoms with E-state index < -0.39 is 20.0 Å². The van der Waals surface area contributed by atoms with Gasteiger partial charge in [0.25, 0.3) is 5.69 Å². The molecular weight excluding hydrogens is 314 g/mol. The highest BCUT2D eigenvalue weighted by Gasteiger charge is 2.30. The Bertz CT molecular complexity index is 775. The fourth-order valence-electron chi connectivity index (χ4n) is 2.00. The van der Waals surface area contributed by atoms with E-state index in [4.69, 9.17) is 11.6 Å². The molecule has 0 aromatic heterocycles. The molecule has 0 bridgehead atoms. The van der Waals surface area contributed by atoms with E-state index in [1.807, 2.05) is 0 Å². The summed E-state index contributed by atoms with van der Waals surface area (Å²) >= 11 is 5.84. The summed E-state index contributed by atoms with van der Waals surface area (Å²) in [5.41, 5.74) is -0.178. The van der Waals surface area contributed by atoms with E-state index >= 15 is 0 Å². The van der Waals surface area contributed by atoms with E-state index in [0.717, 1.165) is 0 Å². The third kappa shape index (κ3) is 3.06. The lowest BCUT2D eigenvalue weighted by Crippen LogP contribution is -2.12.